The Labute approximate surface area is 98.6 Å². The van der Waals surface area contributed by atoms with Crippen molar-refractivity contribution < 1.29 is 9.18 Å². The molecule has 1 atom stereocenters. The Morgan fingerprint density at radius 1 is 1.38 bits per heavy atom. The van der Waals surface area contributed by atoms with Gasteiger partial charge < -0.3 is 0 Å². The highest BCUT2D eigenvalue weighted by Crippen LogP contribution is 2.22. The van der Waals surface area contributed by atoms with Crippen molar-refractivity contribution in [3.63, 3.8) is 0 Å². The molecule has 1 aromatic rings. The molecular weight excluding hydrogens is 223 g/mol. The molecule has 0 spiro atoms. The molecule has 0 saturated carbocycles. The Morgan fingerprint density at radius 3 is 2.44 bits per heavy atom. The van der Waals surface area contributed by atoms with Gasteiger partial charge in [0, 0.05) is 16.7 Å². The van der Waals surface area contributed by atoms with E-state index in [-0.39, 0.29) is 22.1 Å². The summed E-state index contributed by atoms with van der Waals surface area (Å²) in [5.41, 5.74) is 0. The van der Waals surface area contributed by atoms with Gasteiger partial charge >= 0.3 is 0 Å². The van der Waals surface area contributed by atoms with Crippen LogP contribution in [-0.2, 0) is 4.79 Å². The minimum Gasteiger partial charge on any atom is -0.294 e. The van der Waals surface area contributed by atoms with Crippen molar-refractivity contribution in [3.8, 4) is 0 Å². The standard InChI is InChI=1S/C13H17FOS/c1-10(2)8-12(15)9-16(3)13-6-4-11(14)5-7-13/h4-7,9-10H,8H2,1-3H3. The lowest BCUT2D eigenvalue weighted by Gasteiger charge is -2.04. The zero-order valence-electron chi connectivity index (χ0n) is 9.87. The molecule has 1 aromatic carbocycles. The Morgan fingerprint density at radius 2 is 1.94 bits per heavy atom. The number of benzene rings is 1. The van der Waals surface area contributed by atoms with Crippen LogP contribution in [0.2, 0.25) is 0 Å². The van der Waals surface area contributed by atoms with E-state index in [4.69, 9.17) is 0 Å². The number of carbonyl (C=O) groups is 1. The van der Waals surface area contributed by atoms with Crippen molar-refractivity contribution >= 4 is 21.6 Å². The van der Waals surface area contributed by atoms with Gasteiger partial charge in [0.05, 0.1) is 0 Å². The number of hydrogen-bond acceptors (Lipinski definition) is 1. The summed E-state index contributed by atoms with van der Waals surface area (Å²) in [6.45, 7) is 4.05. The molecule has 0 aliphatic carbocycles. The molecule has 0 radical (unpaired) electrons. The van der Waals surface area contributed by atoms with Gasteiger partial charge in [-0.2, -0.15) is 10.5 Å². The maximum absolute atomic E-state index is 12.7. The van der Waals surface area contributed by atoms with Gasteiger partial charge in [0.1, 0.15) is 5.82 Å². The third kappa shape index (κ3) is 4.27. The Kier molecular flexibility index (Phi) is 4.87. The highest BCUT2D eigenvalue weighted by atomic mass is 32.2. The normalized spacial score (nSPS) is 13.1. The fourth-order valence-electron chi connectivity index (χ4n) is 1.36. The largest absolute Gasteiger partial charge is 0.294 e. The van der Waals surface area contributed by atoms with E-state index in [2.05, 4.69) is 0 Å². The van der Waals surface area contributed by atoms with Crippen molar-refractivity contribution in [2.75, 3.05) is 6.26 Å². The van der Waals surface area contributed by atoms with Crippen molar-refractivity contribution in [3.05, 3.63) is 30.1 Å². The van der Waals surface area contributed by atoms with Crippen LogP contribution in [0.4, 0.5) is 4.39 Å². The minimum absolute atomic E-state index is 0.171. The van der Waals surface area contributed by atoms with E-state index < -0.39 is 0 Å². The summed E-state index contributed by atoms with van der Waals surface area (Å²) in [5.74, 6) is 0.313. The molecule has 0 amide bonds. The summed E-state index contributed by atoms with van der Waals surface area (Å²) in [6, 6.07) is 6.33. The van der Waals surface area contributed by atoms with Crippen molar-refractivity contribution in [2.24, 2.45) is 5.92 Å². The van der Waals surface area contributed by atoms with E-state index in [0.29, 0.717) is 12.3 Å². The quantitative estimate of drug-likeness (QED) is 0.736. The zero-order chi connectivity index (χ0) is 12.1. The number of hydrogen-bond donors (Lipinski definition) is 0. The van der Waals surface area contributed by atoms with Gasteiger partial charge in [0.2, 0.25) is 0 Å². The first-order valence-corrected chi connectivity index (χ1v) is 6.96. The van der Waals surface area contributed by atoms with Gasteiger partial charge in [-0.15, -0.1) is 0 Å². The molecule has 0 fully saturated rings. The van der Waals surface area contributed by atoms with E-state index in [1.54, 1.807) is 17.5 Å². The van der Waals surface area contributed by atoms with Gasteiger partial charge in [-0.3, -0.25) is 4.79 Å². The molecule has 0 bridgehead atoms. The van der Waals surface area contributed by atoms with Crippen LogP contribution in [-0.4, -0.2) is 17.4 Å². The van der Waals surface area contributed by atoms with E-state index in [1.165, 1.54) is 12.1 Å². The van der Waals surface area contributed by atoms with Crippen LogP contribution < -0.4 is 0 Å². The summed E-state index contributed by atoms with van der Waals surface area (Å²) in [7, 11) is -0.229. The van der Waals surface area contributed by atoms with Crippen molar-refractivity contribution in [1.82, 2.24) is 0 Å². The number of halogens is 1. The Hall–Kier alpha value is -0.960. The summed E-state index contributed by atoms with van der Waals surface area (Å²) in [5, 5.41) is 1.74. The molecule has 0 heterocycles. The van der Waals surface area contributed by atoms with E-state index in [1.807, 2.05) is 20.1 Å². The Bertz CT molecular complexity index is 393. The maximum Gasteiger partial charge on any atom is 0.161 e. The smallest absolute Gasteiger partial charge is 0.161 e. The van der Waals surface area contributed by atoms with Crippen molar-refractivity contribution in [2.45, 2.75) is 25.2 Å². The molecule has 88 valence electrons. The average molecular weight is 240 g/mol. The minimum atomic E-state index is -0.241. The monoisotopic (exact) mass is 240 g/mol. The van der Waals surface area contributed by atoms with E-state index in [9.17, 15) is 9.18 Å². The topological polar surface area (TPSA) is 17.1 Å². The predicted octanol–water partition coefficient (Wildman–Crippen LogP) is 3.50. The van der Waals surface area contributed by atoms with Gasteiger partial charge in [0.15, 0.2) is 5.78 Å². The van der Waals surface area contributed by atoms with Gasteiger partial charge in [0.25, 0.3) is 0 Å². The fraction of sp³-hybridized carbons (Fsp3) is 0.385. The van der Waals surface area contributed by atoms with E-state index in [0.717, 1.165) is 4.90 Å². The molecule has 16 heavy (non-hydrogen) atoms. The van der Waals surface area contributed by atoms with Crippen LogP contribution in [0, 0.1) is 11.7 Å². The second-order valence-corrected chi connectivity index (χ2v) is 6.02. The second-order valence-electron chi connectivity index (χ2n) is 4.19. The molecule has 1 unspecified atom stereocenters. The molecule has 0 aromatic heterocycles. The molecule has 0 N–H and O–H groups in total. The third-order valence-corrected chi connectivity index (χ3v) is 3.74. The van der Waals surface area contributed by atoms with Crippen LogP contribution in [0.15, 0.2) is 29.2 Å². The summed E-state index contributed by atoms with van der Waals surface area (Å²) >= 11 is 0. The van der Waals surface area contributed by atoms with Crippen LogP contribution in [0.5, 0.6) is 0 Å². The van der Waals surface area contributed by atoms with Crippen LogP contribution >= 0.6 is 10.5 Å². The van der Waals surface area contributed by atoms with E-state index >= 15 is 0 Å². The molecule has 1 rings (SSSR count). The van der Waals surface area contributed by atoms with Gasteiger partial charge in [-0.25, -0.2) is 4.39 Å². The number of carbonyl (C=O) groups excluding carboxylic acids is 1. The van der Waals surface area contributed by atoms with Crippen LogP contribution in [0.1, 0.15) is 20.3 Å². The lowest BCUT2D eigenvalue weighted by Crippen LogP contribution is -2.03. The van der Waals surface area contributed by atoms with Gasteiger partial charge in [-0.05, 0) is 36.4 Å². The molecular formula is C13H17FOS. The molecule has 1 nitrogen and oxygen atoms in total. The Balaban J connectivity index is 2.77. The number of ketones is 1. The first-order valence-electron chi connectivity index (χ1n) is 5.27. The molecule has 3 heteroatoms. The highest BCUT2D eigenvalue weighted by Gasteiger charge is 2.03. The molecule has 0 aliphatic rings. The first-order chi connectivity index (χ1) is 7.49. The summed E-state index contributed by atoms with van der Waals surface area (Å²) < 4.78 is 12.7. The van der Waals surface area contributed by atoms with Crippen LogP contribution in [0.25, 0.3) is 0 Å². The maximum atomic E-state index is 12.7. The second kappa shape index (κ2) is 5.94. The first kappa shape index (κ1) is 13.1. The van der Waals surface area contributed by atoms with Crippen LogP contribution in [0.3, 0.4) is 0 Å². The van der Waals surface area contributed by atoms with Gasteiger partial charge in [-0.1, -0.05) is 13.8 Å². The fourth-order valence-corrected chi connectivity index (χ4v) is 2.56. The lowest BCUT2D eigenvalue weighted by molar-refractivity contribution is -0.113. The SMILES string of the molecule is CC(C)CC(=O)/C=S(\C)c1ccc(F)cc1. The lowest BCUT2D eigenvalue weighted by atomic mass is 10.1. The summed E-state index contributed by atoms with van der Waals surface area (Å²) in [4.78, 5) is 12.6. The molecule has 0 saturated heterocycles. The average Bonchev–Trinajstić information content (AvgIpc) is 2.16. The number of rotatable bonds is 4. The highest BCUT2D eigenvalue weighted by molar-refractivity contribution is 8.15. The van der Waals surface area contributed by atoms with Crippen molar-refractivity contribution in [1.29, 1.82) is 0 Å². The third-order valence-electron chi connectivity index (χ3n) is 2.10. The molecule has 0 aliphatic heterocycles. The predicted molar refractivity (Wildman–Crippen MR) is 68.7 cm³/mol. The number of Topliss-reactive ketones (excluding diaryl/α,β-unsaturated/α-hetero) is 1. The summed E-state index contributed by atoms with van der Waals surface area (Å²) in [6.07, 6.45) is 2.56. The zero-order valence-corrected chi connectivity index (χ0v) is 10.7.